The van der Waals surface area contributed by atoms with Crippen molar-refractivity contribution in [2.24, 2.45) is 0 Å². The molecule has 2 N–H and O–H groups in total. The van der Waals surface area contributed by atoms with Crippen LogP contribution in [0.1, 0.15) is 21.7 Å². The number of hydrogen-bond acceptors (Lipinski definition) is 6. The Morgan fingerprint density at radius 2 is 1.78 bits per heavy atom. The number of nitrogens with zero attached hydrogens (tertiary/aromatic N) is 2. The summed E-state index contributed by atoms with van der Waals surface area (Å²) < 4.78 is 10.7. The van der Waals surface area contributed by atoms with Crippen molar-refractivity contribution in [3.8, 4) is 11.5 Å². The number of anilines is 2. The first kappa shape index (κ1) is 21.1. The maximum atomic E-state index is 12.9. The van der Waals surface area contributed by atoms with E-state index in [1.807, 2.05) is 61.5 Å². The zero-order chi connectivity index (χ0) is 22.5. The summed E-state index contributed by atoms with van der Waals surface area (Å²) in [5.41, 5.74) is 3.49. The summed E-state index contributed by atoms with van der Waals surface area (Å²) in [5, 5.41) is 7.03. The first-order chi connectivity index (χ1) is 15.6. The van der Waals surface area contributed by atoms with E-state index in [2.05, 4.69) is 20.6 Å². The molecule has 0 aliphatic heterocycles. The van der Waals surface area contributed by atoms with E-state index < -0.39 is 0 Å². The van der Waals surface area contributed by atoms with Crippen LogP contribution in [0.15, 0.2) is 66.7 Å². The number of hydrogen-bond donors (Lipinski definition) is 2. The summed E-state index contributed by atoms with van der Waals surface area (Å²) in [5.74, 6) is 1.62. The molecule has 0 spiro atoms. The topological polar surface area (TPSA) is 85.4 Å². The van der Waals surface area contributed by atoms with Gasteiger partial charge in [0.15, 0.2) is 0 Å². The van der Waals surface area contributed by atoms with E-state index >= 15 is 0 Å². The van der Waals surface area contributed by atoms with Gasteiger partial charge in [0.05, 0.1) is 19.7 Å². The van der Waals surface area contributed by atoms with Crippen LogP contribution in [-0.2, 0) is 6.54 Å². The molecule has 0 aliphatic carbocycles. The van der Waals surface area contributed by atoms with Gasteiger partial charge in [0.2, 0.25) is 5.82 Å². The lowest BCUT2D eigenvalue weighted by Gasteiger charge is -2.13. The van der Waals surface area contributed by atoms with Crippen molar-refractivity contribution in [2.75, 3.05) is 19.5 Å². The first-order valence-electron chi connectivity index (χ1n) is 10.2. The average molecular weight is 428 g/mol. The summed E-state index contributed by atoms with van der Waals surface area (Å²) in [6.45, 7) is 2.27. The molecular weight excluding hydrogens is 404 g/mol. The monoisotopic (exact) mass is 428 g/mol. The van der Waals surface area contributed by atoms with E-state index in [0.717, 1.165) is 22.2 Å². The Hall–Kier alpha value is -4.13. The number of ether oxygens (including phenoxy) is 2. The molecule has 0 atom stereocenters. The van der Waals surface area contributed by atoms with Crippen LogP contribution >= 0.6 is 0 Å². The maximum absolute atomic E-state index is 12.9. The molecule has 0 radical (unpaired) electrons. The minimum atomic E-state index is -0.382. The van der Waals surface area contributed by atoms with Gasteiger partial charge < -0.3 is 20.1 Å². The van der Waals surface area contributed by atoms with Gasteiger partial charge >= 0.3 is 0 Å². The molecule has 162 valence electrons. The van der Waals surface area contributed by atoms with Crippen molar-refractivity contribution in [3.63, 3.8) is 0 Å². The molecule has 1 aromatic heterocycles. The van der Waals surface area contributed by atoms with Crippen LogP contribution in [0.25, 0.3) is 10.9 Å². The molecule has 0 aliphatic rings. The number of carbonyl (C=O) groups excluding carboxylic acids is 1. The van der Waals surface area contributed by atoms with Gasteiger partial charge in [0, 0.05) is 23.2 Å². The zero-order valence-electron chi connectivity index (χ0n) is 18.2. The molecule has 4 rings (SSSR count). The summed E-state index contributed by atoms with van der Waals surface area (Å²) in [7, 11) is 3.18. The van der Waals surface area contributed by atoms with Gasteiger partial charge in [-0.3, -0.25) is 4.79 Å². The van der Waals surface area contributed by atoms with Crippen molar-refractivity contribution in [1.82, 2.24) is 15.3 Å². The van der Waals surface area contributed by atoms with Gasteiger partial charge in [-0.15, -0.1) is 0 Å². The molecule has 7 nitrogen and oxygen atoms in total. The van der Waals surface area contributed by atoms with Gasteiger partial charge in [-0.25, -0.2) is 9.97 Å². The number of methoxy groups -OCH3 is 2. The number of para-hydroxylation sites is 1. The Morgan fingerprint density at radius 1 is 0.938 bits per heavy atom. The third-order valence-electron chi connectivity index (χ3n) is 5.01. The van der Waals surface area contributed by atoms with Crippen LogP contribution in [0.2, 0.25) is 0 Å². The van der Waals surface area contributed by atoms with E-state index in [4.69, 9.17) is 9.47 Å². The van der Waals surface area contributed by atoms with Gasteiger partial charge in [-0.2, -0.15) is 0 Å². The third kappa shape index (κ3) is 4.62. The largest absolute Gasteiger partial charge is 0.497 e. The molecule has 0 unspecified atom stereocenters. The predicted molar refractivity (Wildman–Crippen MR) is 125 cm³/mol. The summed E-state index contributed by atoms with van der Waals surface area (Å²) in [6.07, 6.45) is 0. The molecule has 0 saturated heterocycles. The molecule has 1 amide bonds. The van der Waals surface area contributed by atoms with Crippen molar-refractivity contribution in [3.05, 3.63) is 83.7 Å². The lowest BCUT2D eigenvalue weighted by atomic mass is 10.2. The van der Waals surface area contributed by atoms with Crippen molar-refractivity contribution in [2.45, 2.75) is 13.5 Å². The lowest BCUT2D eigenvalue weighted by Crippen LogP contribution is -2.25. The second kappa shape index (κ2) is 9.34. The Labute approximate surface area is 186 Å². The smallest absolute Gasteiger partial charge is 0.289 e. The van der Waals surface area contributed by atoms with E-state index in [9.17, 15) is 4.79 Å². The standard InChI is InChI=1S/C25H24N4O3/c1-16-7-6-8-18(13-16)27-23-20-9-4-5-10-21(20)28-24(29-23)25(30)26-15-17-14-19(31-2)11-12-22(17)32-3/h4-14H,15H2,1-3H3,(H,26,30)(H,27,28,29). The fourth-order valence-electron chi connectivity index (χ4n) is 3.41. The third-order valence-corrected chi connectivity index (χ3v) is 5.01. The number of amides is 1. The maximum Gasteiger partial charge on any atom is 0.289 e. The Balaban J connectivity index is 1.62. The van der Waals surface area contributed by atoms with Crippen LogP contribution in [0, 0.1) is 6.92 Å². The fraction of sp³-hybridized carbons (Fsp3) is 0.160. The fourth-order valence-corrected chi connectivity index (χ4v) is 3.41. The molecule has 0 saturated carbocycles. The van der Waals surface area contributed by atoms with Crippen LogP contribution < -0.4 is 20.1 Å². The van der Waals surface area contributed by atoms with Gasteiger partial charge in [-0.05, 0) is 55.0 Å². The summed E-state index contributed by atoms with van der Waals surface area (Å²) in [6, 6.07) is 21.0. The summed E-state index contributed by atoms with van der Waals surface area (Å²) >= 11 is 0. The number of nitrogens with one attached hydrogen (secondary N) is 2. The molecule has 7 heteroatoms. The SMILES string of the molecule is COc1ccc(OC)c(CNC(=O)c2nc(Nc3cccc(C)c3)c3ccccc3n2)c1. The summed E-state index contributed by atoms with van der Waals surface area (Å²) in [4.78, 5) is 21.9. The van der Waals surface area contributed by atoms with Gasteiger partial charge in [0.1, 0.15) is 17.3 Å². The number of aromatic nitrogens is 2. The zero-order valence-corrected chi connectivity index (χ0v) is 18.2. The quantitative estimate of drug-likeness (QED) is 0.446. The highest BCUT2D eigenvalue weighted by Gasteiger charge is 2.15. The van der Waals surface area contributed by atoms with Crippen LogP contribution in [-0.4, -0.2) is 30.1 Å². The molecule has 4 aromatic rings. The number of benzene rings is 3. The Bertz CT molecular complexity index is 1270. The van der Waals surface area contributed by atoms with Crippen molar-refractivity contribution < 1.29 is 14.3 Å². The molecule has 0 bridgehead atoms. The Morgan fingerprint density at radius 3 is 2.56 bits per heavy atom. The number of carbonyl (C=O) groups is 1. The molecule has 1 heterocycles. The normalized spacial score (nSPS) is 10.6. The molecular formula is C25H24N4O3. The number of fused-ring (bicyclic) bond motifs is 1. The van der Waals surface area contributed by atoms with Crippen LogP contribution in [0.3, 0.4) is 0 Å². The van der Waals surface area contributed by atoms with E-state index in [1.54, 1.807) is 26.4 Å². The van der Waals surface area contributed by atoms with Crippen LogP contribution in [0.4, 0.5) is 11.5 Å². The highest BCUT2D eigenvalue weighted by Crippen LogP contribution is 2.25. The second-order valence-corrected chi connectivity index (χ2v) is 7.27. The number of rotatable bonds is 7. The van der Waals surface area contributed by atoms with Gasteiger partial charge in [0.25, 0.3) is 5.91 Å². The molecule has 3 aromatic carbocycles. The minimum absolute atomic E-state index is 0.0840. The number of aryl methyl sites for hydroxylation is 1. The second-order valence-electron chi connectivity index (χ2n) is 7.27. The predicted octanol–water partition coefficient (Wildman–Crippen LogP) is 4.63. The van der Waals surface area contributed by atoms with E-state index in [0.29, 0.717) is 22.8 Å². The molecule has 32 heavy (non-hydrogen) atoms. The van der Waals surface area contributed by atoms with Gasteiger partial charge in [-0.1, -0.05) is 24.3 Å². The highest BCUT2D eigenvalue weighted by atomic mass is 16.5. The van der Waals surface area contributed by atoms with E-state index in [-0.39, 0.29) is 18.3 Å². The first-order valence-corrected chi connectivity index (χ1v) is 10.2. The van der Waals surface area contributed by atoms with Crippen molar-refractivity contribution in [1.29, 1.82) is 0 Å². The minimum Gasteiger partial charge on any atom is -0.497 e. The van der Waals surface area contributed by atoms with Crippen LogP contribution in [0.5, 0.6) is 11.5 Å². The van der Waals surface area contributed by atoms with E-state index in [1.165, 1.54) is 0 Å². The van der Waals surface area contributed by atoms with Crippen molar-refractivity contribution >= 4 is 28.3 Å². The average Bonchev–Trinajstić information content (AvgIpc) is 2.82. The molecule has 0 fully saturated rings. The highest BCUT2D eigenvalue weighted by molar-refractivity contribution is 5.97. The Kier molecular flexibility index (Phi) is 6.17. The lowest BCUT2D eigenvalue weighted by molar-refractivity contribution is 0.0940.